The van der Waals surface area contributed by atoms with E-state index in [9.17, 15) is 4.79 Å². The van der Waals surface area contributed by atoms with E-state index in [1.165, 1.54) is 5.56 Å². The zero-order valence-electron chi connectivity index (χ0n) is 15.2. The molecule has 0 radical (unpaired) electrons. The van der Waals surface area contributed by atoms with Gasteiger partial charge in [0, 0.05) is 31.4 Å². The maximum absolute atomic E-state index is 12.1. The summed E-state index contributed by atoms with van der Waals surface area (Å²) in [6.07, 6.45) is 1.35. The molecule has 0 aliphatic heterocycles. The van der Waals surface area contributed by atoms with E-state index in [1.54, 1.807) is 0 Å². The van der Waals surface area contributed by atoms with Gasteiger partial charge >= 0.3 is 0 Å². The van der Waals surface area contributed by atoms with Crippen LogP contribution < -0.4 is 5.32 Å². The number of carbonyl (C=O) groups excluding carboxylic acids is 1. The summed E-state index contributed by atoms with van der Waals surface area (Å²) in [5, 5.41) is 7.36. The lowest BCUT2D eigenvalue weighted by Crippen LogP contribution is -2.29. The van der Waals surface area contributed by atoms with Crippen LogP contribution in [0.15, 0.2) is 30.3 Å². The van der Waals surface area contributed by atoms with Gasteiger partial charge in [-0.2, -0.15) is 5.10 Å². The molecule has 0 aliphatic carbocycles. The highest BCUT2D eigenvalue weighted by molar-refractivity contribution is 5.79. The number of hydrogen-bond donors (Lipinski definition) is 1. The lowest BCUT2D eigenvalue weighted by atomic mass is 10.1. The van der Waals surface area contributed by atoms with Crippen LogP contribution in [0.25, 0.3) is 0 Å². The van der Waals surface area contributed by atoms with Crippen LogP contribution in [0.1, 0.15) is 28.9 Å². The van der Waals surface area contributed by atoms with Gasteiger partial charge in [-0.3, -0.25) is 9.48 Å². The summed E-state index contributed by atoms with van der Waals surface area (Å²) < 4.78 is 1.83. The van der Waals surface area contributed by atoms with Crippen molar-refractivity contribution < 1.29 is 4.79 Å². The minimum Gasteiger partial charge on any atom is -0.356 e. The van der Waals surface area contributed by atoms with Gasteiger partial charge in [-0.1, -0.05) is 30.3 Å². The number of aromatic nitrogens is 2. The predicted molar refractivity (Wildman–Crippen MR) is 96.8 cm³/mol. The quantitative estimate of drug-likeness (QED) is 0.756. The first-order valence-corrected chi connectivity index (χ1v) is 8.45. The summed E-state index contributed by atoms with van der Waals surface area (Å²) in [4.78, 5) is 14.4. The smallest absolute Gasteiger partial charge is 0.224 e. The highest BCUT2D eigenvalue weighted by atomic mass is 16.1. The van der Waals surface area contributed by atoms with E-state index in [4.69, 9.17) is 0 Å². The molecular formula is C19H28N4O. The van der Waals surface area contributed by atoms with Crippen molar-refractivity contribution in [3.8, 4) is 0 Å². The average molecular weight is 328 g/mol. The Kier molecular flexibility index (Phi) is 6.55. The van der Waals surface area contributed by atoms with Gasteiger partial charge in [0.2, 0.25) is 5.91 Å². The van der Waals surface area contributed by atoms with E-state index in [0.29, 0.717) is 13.0 Å². The molecule has 2 aromatic rings. The summed E-state index contributed by atoms with van der Waals surface area (Å²) in [5.41, 5.74) is 4.35. The topological polar surface area (TPSA) is 50.2 Å². The third-order valence-corrected chi connectivity index (χ3v) is 4.33. The summed E-state index contributed by atoms with van der Waals surface area (Å²) >= 11 is 0. The molecule has 0 saturated heterocycles. The first-order valence-electron chi connectivity index (χ1n) is 8.45. The number of aryl methyl sites for hydroxylation is 2. The molecule has 0 unspecified atom stereocenters. The van der Waals surface area contributed by atoms with Crippen molar-refractivity contribution in [2.24, 2.45) is 7.05 Å². The number of amides is 1. The third kappa shape index (κ3) is 5.20. The Bertz CT molecular complexity index is 664. The molecule has 1 N–H and O–H groups in total. The van der Waals surface area contributed by atoms with Crippen LogP contribution in [0.2, 0.25) is 0 Å². The van der Waals surface area contributed by atoms with Gasteiger partial charge in [0.05, 0.1) is 12.1 Å². The van der Waals surface area contributed by atoms with E-state index >= 15 is 0 Å². The minimum atomic E-state index is 0.0694. The van der Waals surface area contributed by atoms with Crippen LogP contribution in [0.4, 0.5) is 0 Å². The fraction of sp³-hybridized carbons (Fsp3) is 0.474. The van der Waals surface area contributed by atoms with E-state index in [0.717, 1.165) is 36.5 Å². The Balaban J connectivity index is 1.67. The Morgan fingerprint density at radius 1 is 1.25 bits per heavy atom. The molecule has 1 heterocycles. The molecule has 0 atom stereocenters. The summed E-state index contributed by atoms with van der Waals surface area (Å²) in [6.45, 7) is 6.55. The van der Waals surface area contributed by atoms with E-state index in [2.05, 4.69) is 46.6 Å². The first kappa shape index (κ1) is 18.2. The second kappa shape index (κ2) is 8.64. The maximum Gasteiger partial charge on any atom is 0.224 e. The van der Waals surface area contributed by atoms with Crippen molar-refractivity contribution >= 4 is 5.91 Å². The normalized spacial score (nSPS) is 11.0. The number of hydrogen-bond acceptors (Lipinski definition) is 3. The average Bonchev–Trinajstić information content (AvgIpc) is 2.79. The SMILES string of the molecule is Cc1nn(C)c(C)c1CC(=O)NCCCN(C)Cc1ccccc1. The molecule has 1 amide bonds. The third-order valence-electron chi connectivity index (χ3n) is 4.33. The zero-order chi connectivity index (χ0) is 17.5. The molecule has 2 rings (SSSR count). The Labute approximate surface area is 144 Å². The zero-order valence-corrected chi connectivity index (χ0v) is 15.2. The summed E-state index contributed by atoms with van der Waals surface area (Å²) in [6, 6.07) is 10.4. The van der Waals surface area contributed by atoms with Crippen molar-refractivity contribution in [2.75, 3.05) is 20.1 Å². The van der Waals surface area contributed by atoms with Gasteiger partial charge in [0.1, 0.15) is 0 Å². The van der Waals surface area contributed by atoms with Gasteiger partial charge in [0.15, 0.2) is 0 Å². The molecule has 1 aromatic heterocycles. The van der Waals surface area contributed by atoms with Crippen LogP contribution in [0, 0.1) is 13.8 Å². The maximum atomic E-state index is 12.1. The van der Waals surface area contributed by atoms with Gasteiger partial charge in [-0.05, 0) is 39.4 Å². The molecular weight excluding hydrogens is 300 g/mol. The molecule has 0 bridgehead atoms. The monoisotopic (exact) mass is 328 g/mol. The van der Waals surface area contributed by atoms with E-state index < -0.39 is 0 Å². The number of nitrogens with one attached hydrogen (secondary N) is 1. The molecule has 24 heavy (non-hydrogen) atoms. The number of rotatable bonds is 8. The fourth-order valence-corrected chi connectivity index (χ4v) is 2.85. The van der Waals surface area contributed by atoms with Crippen molar-refractivity contribution in [2.45, 2.75) is 33.2 Å². The van der Waals surface area contributed by atoms with Crippen molar-refractivity contribution in [3.63, 3.8) is 0 Å². The molecule has 1 aromatic carbocycles. The van der Waals surface area contributed by atoms with Gasteiger partial charge in [-0.25, -0.2) is 0 Å². The molecule has 5 heteroatoms. The van der Waals surface area contributed by atoms with Crippen molar-refractivity contribution in [3.05, 3.63) is 52.8 Å². The molecule has 0 saturated carbocycles. The number of benzene rings is 1. The van der Waals surface area contributed by atoms with Crippen LogP contribution in [-0.2, 0) is 24.8 Å². The van der Waals surface area contributed by atoms with Crippen LogP contribution >= 0.6 is 0 Å². The van der Waals surface area contributed by atoms with Gasteiger partial charge in [0.25, 0.3) is 0 Å². The second-order valence-corrected chi connectivity index (χ2v) is 6.38. The summed E-state index contributed by atoms with van der Waals surface area (Å²) in [5.74, 6) is 0.0694. The van der Waals surface area contributed by atoms with Crippen molar-refractivity contribution in [1.29, 1.82) is 0 Å². The van der Waals surface area contributed by atoms with Gasteiger partial charge < -0.3 is 10.2 Å². The Morgan fingerprint density at radius 3 is 2.58 bits per heavy atom. The number of carbonyl (C=O) groups is 1. The Hall–Kier alpha value is -2.14. The standard InChI is InChI=1S/C19H28N4O/c1-15-18(16(2)23(4)21-15)13-19(24)20-11-8-12-22(3)14-17-9-6-5-7-10-17/h5-7,9-10H,8,11-14H2,1-4H3,(H,20,24). The lowest BCUT2D eigenvalue weighted by molar-refractivity contribution is -0.120. The fourth-order valence-electron chi connectivity index (χ4n) is 2.85. The molecule has 5 nitrogen and oxygen atoms in total. The van der Waals surface area contributed by atoms with Gasteiger partial charge in [-0.15, -0.1) is 0 Å². The molecule has 0 aliphatic rings. The number of nitrogens with zero attached hydrogens (tertiary/aromatic N) is 3. The largest absolute Gasteiger partial charge is 0.356 e. The lowest BCUT2D eigenvalue weighted by Gasteiger charge is -2.16. The van der Waals surface area contributed by atoms with Crippen molar-refractivity contribution in [1.82, 2.24) is 20.0 Å². The molecule has 0 spiro atoms. The first-order chi connectivity index (χ1) is 11.5. The van der Waals surface area contributed by atoms with Crippen LogP contribution in [0.3, 0.4) is 0 Å². The van der Waals surface area contributed by atoms with Crippen LogP contribution in [0.5, 0.6) is 0 Å². The van der Waals surface area contributed by atoms with E-state index in [1.807, 2.05) is 31.6 Å². The summed E-state index contributed by atoms with van der Waals surface area (Å²) in [7, 11) is 4.02. The highest BCUT2D eigenvalue weighted by Gasteiger charge is 2.13. The minimum absolute atomic E-state index is 0.0694. The highest BCUT2D eigenvalue weighted by Crippen LogP contribution is 2.12. The Morgan fingerprint density at radius 2 is 1.96 bits per heavy atom. The predicted octanol–water partition coefficient (Wildman–Crippen LogP) is 2.22. The van der Waals surface area contributed by atoms with Crippen LogP contribution in [-0.4, -0.2) is 40.7 Å². The molecule has 130 valence electrons. The van der Waals surface area contributed by atoms with E-state index in [-0.39, 0.29) is 5.91 Å². The molecule has 0 fully saturated rings. The second-order valence-electron chi connectivity index (χ2n) is 6.38.